The van der Waals surface area contributed by atoms with Crippen LogP contribution in [-0.4, -0.2) is 30.1 Å². The van der Waals surface area contributed by atoms with Crippen molar-refractivity contribution in [1.29, 1.82) is 0 Å². The van der Waals surface area contributed by atoms with Crippen LogP contribution in [0.1, 0.15) is 23.6 Å². The Balaban J connectivity index is 1.91. The van der Waals surface area contributed by atoms with E-state index < -0.39 is 11.9 Å². The molecule has 0 aromatic heterocycles. The number of nitrogens with one attached hydrogen (secondary N) is 1. The van der Waals surface area contributed by atoms with E-state index in [0.29, 0.717) is 30.1 Å². The zero-order chi connectivity index (χ0) is 23.1. The number of nitrogens with zero attached hydrogens (tertiary/aromatic N) is 1. The van der Waals surface area contributed by atoms with Gasteiger partial charge in [0.2, 0.25) is 0 Å². The van der Waals surface area contributed by atoms with Crippen molar-refractivity contribution in [2.45, 2.75) is 19.9 Å². The molecular formula is C25H23BrN2O4. The van der Waals surface area contributed by atoms with Gasteiger partial charge >= 0.3 is 6.03 Å². The average Bonchev–Trinajstić information content (AvgIpc) is 3.02. The Bertz CT molecular complexity index is 1100. The minimum Gasteiger partial charge on any atom is -0.490 e. The molecule has 164 valence electrons. The summed E-state index contributed by atoms with van der Waals surface area (Å²) in [5, 5.41) is 2.66. The molecule has 0 aliphatic carbocycles. The number of allylic oxidation sites excluding steroid dienone is 1. The number of rotatable bonds is 9. The fourth-order valence-corrected chi connectivity index (χ4v) is 3.53. The fraction of sp³-hybridized carbons (Fsp3) is 0.200. The number of ether oxygens (including phenoxy) is 2. The van der Waals surface area contributed by atoms with Crippen molar-refractivity contribution in [3.8, 4) is 23.8 Å². The van der Waals surface area contributed by atoms with Crippen LogP contribution in [0.2, 0.25) is 0 Å². The van der Waals surface area contributed by atoms with Gasteiger partial charge in [-0.2, -0.15) is 0 Å². The summed E-state index contributed by atoms with van der Waals surface area (Å²) in [5.74, 6) is 3.11. The standard InChI is InChI=1S/C25H23BrN2O4/c1-4-7-19-13-18(15-22(31-6-3)23(19)32-12-5-2)14-21-24(29)28(25(30)27-21)16-17-8-10-20(26)11-9-17/h2,4,8-11,13-15H,1,6-7,12,16H2,3H3,(H,27,30)/b21-14+. The van der Waals surface area contributed by atoms with Gasteiger partial charge in [-0.05, 0) is 54.8 Å². The van der Waals surface area contributed by atoms with E-state index in [4.69, 9.17) is 15.9 Å². The van der Waals surface area contributed by atoms with Crippen molar-refractivity contribution in [1.82, 2.24) is 10.2 Å². The van der Waals surface area contributed by atoms with Crippen LogP contribution in [0, 0.1) is 12.3 Å². The van der Waals surface area contributed by atoms with Crippen molar-refractivity contribution in [3.63, 3.8) is 0 Å². The third kappa shape index (κ3) is 5.40. The molecule has 7 heteroatoms. The fourth-order valence-electron chi connectivity index (χ4n) is 3.27. The van der Waals surface area contributed by atoms with Gasteiger partial charge in [0.15, 0.2) is 11.5 Å². The largest absolute Gasteiger partial charge is 0.490 e. The molecule has 0 bridgehead atoms. The summed E-state index contributed by atoms with van der Waals surface area (Å²) in [7, 11) is 0. The van der Waals surface area contributed by atoms with E-state index in [9.17, 15) is 9.59 Å². The number of carbonyl (C=O) groups is 2. The number of benzene rings is 2. The van der Waals surface area contributed by atoms with Gasteiger partial charge < -0.3 is 14.8 Å². The van der Waals surface area contributed by atoms with E-state index in [1.54, 1.807) is 18.2 Å². The van der Waals surface area contributed by atoms with Crippen LogP contribution in [-0.2, 0) is 17.8 Å². The molecule has 1 heterocycles. The van der Waals surface area contributed by atoms with Gasteiger partial charge in [0.1, 0.15) is 12.3 Å². The van der Waals surface area contributed by atoms with E-state index >= 15 is 0 Å². The highest BCUT2D eigenvalue weighted by molar-refractivity contribution is 9.10. The number of hydrogen-bond acceptors (Lipinski definition) is 4. The summed E-state index contributed by atoms with van der Waals surface area (Å²) in [5.41, 5.74) is 2.54. The van der Waals surface area contributed by atoms with Crippen LogP contribution in [0.25, 0.3) is 6.08 Å². The molecule has 3 rings (SSSR count). The van der Waals surface area contributed by atoms with Crippen molar-refractivity contribution in [2.75, 3.05) is 13.2 Å². The number of halogens is 1. The molecule has 1 fully saturated rings. The molecule has 0 radical (unpaired) electrons. The highest BCUT2D eigenvalue weighted by Gasteiger charge is 2.33. The first-order valence-electron chi connectivity index (χ1n) is 10.0. The predicted octanol–water partition coefficient (Wildman–Crippen LogP) is 4.68. The molecule has 1 saturated heterocycles. The lowest BCUT2D eigenvalue weighted by Gasteiger charge is -2.15. The first-order chi connectivity index (χ1) is 15.5. The SMILES string of the molecule is C#CCOc1c(CC=C)cc(/C=C2/NC(=O)N(Cc3ccc(Br)cc3)C2=O)cc1OCC. The van der Waals surface area contributed by atoms with Crippen molar-refractivity contribution in [2.24, 2.45) is 0 Å². The zero-order valence-corrected chi connectivity index (χ0v) is 19.3. The normalized spacial score (nSPS) is 14.3. The third-order valence-electron chi connectivity index (χ3n) is 4.65. The molecule has 32 heavy (non-hydrogen) atoms. The molecule has 0 atom stereocenters. The van der Waals surface area contributed by atoms with E-state index in [1.165, 1.54) is 4.90 Å². The number of hydrogen-bond donors (Lipinski definition) is 1. The second-order valence-electron chi connectivity index (χ2n) is 6.93. The Morgan fingerprint density at radius 1 is 1.22 bits per heavy atom. The summed E-state index contributed by atoms with van der Waals surface area (Å²) in [4.78, 5) is 26.5. The maximum absolute atomic E-state index is 12.9. The van der Waals surface area contributed by atoms with Gasteiger partial charge in [-0.15, -0.1) is 13.0 Å². The zero-order valence-electron chi connectivity index (χ0n) is 17.7. The van der Waals surface area contributed by atoms with Crippen LogP contribution < -0.4 is 14.8 Å². The summed E-state index contributed by atoms with van der Waals surface area (Å²) >= 11 is 3.38. The van der Waals surface area contributed by atoms with Crippen molar-refractivity contribution in [3.05, 3.63) is 75.9 Å². The second-order valence-corrected chi connectivity index (χ2v) is 7.85. The molecule has 6 nitrogen and oxygen atoms in total. The van der Waals surface area contributed by atoms with Gasteiger partial charge in [0.05, 0.1) is 13.2 Å². The van der Waals surface area contributed by atoms with E-state index in [2.05, 4.69) is 33.7 Å². The molecular weight excluding hydrogens is 472 g/mol. The summed E-state index contributed by atoms with van der Waals surface area (Å²) in [6.07, 6.45) is 9.23. The highest BCUT2D eigenvalue weighted by Crippen LogP contribution is 2.35. The van der Waals surface area contributed by atoms with Crippen LogP contribution in [0.15, 0.2) is 59.2 Å². The van der Waals surface area contributed by atoms with Crippen LogP contribution >= 0.6 is 15.9 Å². The lowest BCUT2D eigenvalue weighted by atomic mass is 10.0. The molecule has 1 aliphatic rings. The minimum atomic E-state index is -0.463. The highest BCUT2D eigenvalue weighted by atomic mass is 79.9. The lowest BCUT2D eigenvalue weighted by Crippen LogP contribution is -2.30. The first kappa shape index (κ1) is 23.2. The van der Waals surface area contributed by atoms with Crippen molar-refractivity contribution < 1.29 is 19.1 Å². The molecule has 1 N–H and O–H groups in total. The van der Waals surface area contributed by atoms with Gasteiger partial charge in [-0.25, -0.2) is 4.79 Å². The van der Waals surface area contributed by atoms with Crippen molar-refractivity contribution >= 4 is 33.9 Å². The lowest BCUT2D eigenvalue weighted by molar-refractivity contribution is -0.123. The molecule has 2 aromatic rings. The van der Waals surface area contributed by atoms with Gasteiger partial charge in [-0.1, -0.05) is 40.1 Å². The van der Waals surface area contributed by atoms with E-state index in [0.717, 1.165) is 15.6 Å². The third-order valence-corrected chi connectivity index (χ3v) is 5.17. The minimum absolute atomic E-state index is 0.101. The quantitative estimate of drug-likeness (QED) is 0.238. The Morgan fingerprint density at radius 3 is 2.62 bits per heavy atom. The van der Waals surface area contributed by atoms with Gasteiger partial charge in [0, 0.05) is 10.0 Å². The van der Waals surface area contributed by atoms with Gasteiger partial charge in [-0.3, -0.25) is 9.69 Å². The Kier molecular flexibility index (Phi) is 7.74. The molecule has 0 unspecified atom stereocenters. The maximum Gasteiger partial charge on any atom is 0.329 e. The molecule has 0 saturated carbocycles. The predicted molar refractivity (Wildman–Crippen MR) is 127 cm³/mol. The monoisotopic (exact) mass is 494 g/mol. The molecule has 2 aromatic carbocycles. The molecule has 0 spiro atoms. The summed E-state index contributed by atoms with van der Waals surface area (Å²) in [6, 6.07) is 10.6. The smallest absolute Gasteiger partial charge is 0.329 e. The van der Waals surface area contributed by atoms with Crippen LogP contribution in [0.3, 0.4) is 0 Å². The molecule has 1 aliphatic heterocycles. The Hall–Kier alpha value is -3.50. The number of amides is 3. The number of terminal acetylenes is 1. The van der Waals surface area contributed by atoms with Crippen LogP contribution in [0.4, 0.5) is 4.79 Å². The average molecular weight is 495 g/mol. The Labute approximate surface area is 196 Å². The van der Waals surface area contributed by atoms with E-state index in [1.807, 2.05) is 37.3 Å². The number of carbonyl (C=O) groups excluding carboxylic acids is 2. The Morgan fingerprint density at radius 2 is 1.97 bits per heavy atom. The molecule has 3 amide bonds. The number of urea groups is 1. The second kappa shape index (κ2) is 10.7. The van der Waals surface area contributed by atoms with Crippen LogP contribution in [0.5, 0.6) is 11.5 Å². The topological polar surface area (TPSA) is 67.9 Å². The van der Waals surface area contributed by atoms with E-state index in [-0.39, 0.29) is 18.8 Å². The van der Waals surface area contributed by atoms with Gasteiger partial charge in [0.25, 0.3) is 5.91 Å². The first-order valence-corrected chi connectivity index (χ1v) is 10.8. The summed E-state index contributed by atoms with van der Waals surface area (Å²) < 4.78 is 12.4. The maximum atomic E-state index is 12.9. The number of imide groups is 1. The summed E-state index contributed by atoms with van der Waals surface area (Å²) in [6.45, 7) is 6.36.